The molecule has 0 fully saturated rings. The second-order valence-electron chi connectivity index (χ2n) is 3.97. The number of nitrogens with one attached hydrogen (secondary N) is 1. The van der Waals surface area contributed by atoms with Crippen LogP contribution >= 0.6 is 0 Å². The van der Waals surface area contributed by atoms with E-state index < -0.39 is 5.91 Å². The Morgan fingerprint density at radius 1 is 1.65 bits per heavy atom. The summed E-state index contributed by atoms with van der Waals surface area (Å²) in [5, 5.41) is 3.67. The Labute approximate surface area is 101 Å². The minimum Gasteiger partial charge on any atom is -0.359 e. The van der Waals surface area contributed by atoms with Crippen molar-refractivity contribution >= 4 is 5.91 Å². The predicted octanol–water partition coefficient (Wildman–Crippen LogP) is 0.899. The van der Waals surface area contributed by atoms with Crippen LogP contribution in [0.4, 0.5) is 0 Å². The van der Waals surface area contributed by atoms with Gasteiger partial charge in [-0.3, -0.25) is 15.1 Å². The molecule has 3 N–H and O–H groups in total. The van der Waals surface area contributed by atoms with E-state index in [1.807, 2.05) is 5.43 Å². The van der Waals surface area contributed by atoms with Crippen LogP contribution in [-0.4, -0.2) is 28.6 Å². The number of nitrogen functional groups attached to an aromatic ring is 1. The number of hydrogen-bond acceptors (Lipinski definition) is 5. The fourth-order valence-corrected chi connectivity index (χ4v) is 1.61. The zero-order valence-corrected chi connectivity index (χ0v) is 10.6. The summed E-state index contributed by atoms with van der Waals surface area (Å²) in [6, 6.07) is 2.09. The van der Waals surface area contributed by atoms with Gasteiger partial charge in [0.1, 0.15) is 0 Å². The van der Waals surface area contributed by atoms with Gasteiger partial charge >= 0.3 is 0 Å². The van der Waals surface area contributed by atoms with E-state index in [0.717, 1.165) is 13.0 Å². The highest BCUT2D eigenvalue weighted by atomic mass is 16.5. The van der Waals surface area contributed by atoms with Gasteiger partial charge in [-0.1, -0.05) is 19.0 Å². The topological polar surface area (TPSA) is 84.4 Å². The van der Waals surface area contributed by atoms with Crippen LogP contribution in [0.1, 0.15) is 43.4 Å². The zero-order valence-electron chi connectivity index (χ0n) is 10.6. The van der Waals surface area contributed by atoms with Gasteiger partial charge in [0.25, 0.3) is 5.91 Å². The van der Waals surface area contributed by atoms with Crippen LogP contribution < -0.4 is 11.3 Å². The number of carbonyl (C=O) groups excluding carboxylic acids is 1. The highest BCUT2D eigenvalue weighted by molar-refractivity contribution is 5.91. The van der Waals surface area contributed by atoms with Crippen LogP contribution in [0.15, 0.2) is 10.6 Å². The standard InChI is InChI=1S/C11H20N4O2/c1-4-8(3)15(5-2)7-9-6-10(14-17-9)11(16)13-12/h6,8H,4-5,7,12H2,1-3H3,(H,13,16). The van der Waals surface area contributed by atoms with Crippen LogP contribution in [0, 0.1) is 0 Å². The van der Waals surface area contributed by atoms with Crippen LogP contribution in [0.25, 0.3) is 0 Å². The normalized spacial score (nSPS) is 12.8. The first-order valence-corrected chi connectivity index (χ1v) is 5.82. The Morgan fingerprint density at radius 3 is 2.88 bits per heavy atom. The van der Waals surface area contributed by atoms with E-state index in [1.54, 1.807) is 6.07 Å². The Bertz CT molecular complexity index is 364. The van der Waals surface area contributed by atoms with Crippen molar-refractivity contribution in [3.8, 4) is 0 Å². The molecule has 0 bridgehead atoms. The molecular weight excluding hydrogens is 220 g/mol. The average Bonchev–Trinajstić information content (AvgIpc) is 2.82. The fraction of sp³-hybridized carbons (Fsp3) is 0.636. The maximum atomic E-state index is 11.2. The molecule has 17 heavy (non-hydrogen) atoms. The molecule has 1 amide bonds. The van der Waals surface area contributed by atoms with Gasteiger partial charge in [-0.05, 0) is 19.9 Å². The first-order valence-electron chi connectivity index (χ1n) is 5.82. The fourth-order valence-electron chi connectivity index (χ4n) is 1.61. The molecule has 0 saturated heterocycles. The van der Waals surface area contributed by atoms with Gasteiger partial charge in [0.15, 0.2) is 11.5 Å². The molecule has 0 radical (unpaired) electrons. The van der Waals surface area contributed by atoms with Gasteiger partial charge in [-0.15, -0.1) is 0 Å². The first-order chi connectivity index (χ1) is 8.12. The third-order valence-electron chi connectivity index (χ3n) is 2.90. The maximum Gasteiger partial charge on any atom is 0.287 e. The second kappa shape index (κ2) is 6.36. The largest absolute Gasteiger partial charge is 0.359 e. The summed E-state index contributed by atoms with van der Waals surface area (Å²) in [4.78, 5) is 13.5. The lowest BCUT2D eigenvalue weighted by Crippen LogP contribution is -2.31. The molecule has 6 nitrogen and oxygen atoms in total. The summed E-state index contributed by atoms with van der Waals surface area (Å²) in [6.45, 7) is 7.97. The monoisotopic (exact) mass is 240 g/mol. The Morgan fingerprint density at radius 2 is 2.35 bits per heavy atom. The van der Waals surface area contributed by atoms with Crippen LogP contribution in [0.3, 0.4) is 0 Å². The van der Waals surface area contributed by atoms with Gasteiger partial charge in [0.05, 0.1) is 6.54 Å². The molecule has 0 saturated carbocycles. The summed E-state index contributed by atoms with van der Waals surface area (Å²) < 4.78 is 5.11. The summed E-state index contributed by atoms with van der Waals surface area (Å²) in [6.07, 6.45) is 1.07. The van der Waals surface area contributed by atoms with Crippen molar-refractivity contribution in [1.82, 2.24) is 15.5 Å². The number of hydrazine groups is 1. The smallest absolute Gasteiger partial charge is 0.287 e. The van der Waals surface area contributed by atoms with Gasteiger partial charge in [-0.2, -0.15) is 0 Å². The van der Waals surface area contributed by atoms with Crippen molar-refractivity contribution in [2.24, 2.45) is 5.84 Å². The Kier molecular flexibility index (Phi) is 5.11. The van der Waals surface area contributed by atoms with E-state index in [-0.39, 0.29) is 5.69 Å². The number of carbonyl (C=O) groups is 1. The molecule has 0 aromatic carbocycles. The van der Waals surface area contributed by atoms with Crippen molar-refractivity contribution in [3.63, 3.8) is 0 Å². The van der Waals surface area contributed by atoms with E-state index in [9.17, 15) is 4.79 Å². The summed E-state index contributed by atoms with van der Waals surface area (Å²) in [5.74, 6) is 5.25. The summed E-state index contributed by atoms with van der Waals surface area (Å²) in [7, 11) is 0. The molecular formula is C11H20N4O2. The number of hydrogen-bond donors (Lipinski definition) is 2. The predicted molar refractivity (Wildman–Crippen MR) is 64.0 cm³/mol. The van der Waals surface area contributed by atoms with Gasteiger partial charge in [0.2, 0.25) is 0 Å². The number of nitrogens with two attached hydrogens (primary N) is 1. The van der Waals surface area contributed by atoms with Crippen molar-refractivity contribution in [2.75, 3.05) is 6.54 Å². The third kappa shape index (κ3) is 3.54. The first kappa shape index (κ1) is 13.7. The van der Waals surface area contributed by atoms with E-state index in [2.05, 4.69) is 30.8 Å². The Balaban J connectivity index is 2.67. The number of rotatable bonds is 6. The third-order valence-corrected chi connectivity index (χ3v) is 2.90. The summed E-state index contributed by atoms with van der Waals surface area (Å²) in [5.41, 5.74) is 2.23. The lowest BCUT2D eigenvalue weighted by Gasteiger charge is -2.25. The van der Waals surface area contributed by atoms with Gasteiger partial charge < -0.3 is 4.52 Å². The van der Waals surface area contributed by atoms with Crippen LogP contribution in [0.5, 0.6) is 0 Å². The SMILES string of the molecule is CCC(C)N(CC)Cc1cc(C(=O)NN)no1. The zero-order chi connectivity index (χ0) is 12.8. The highest BCUT2D eigenvalue weighted by Gasteiger charge is 2.16. The molecule has 0 aliphatic carbocycles. The van der Waals surface area contributed by atoms with E-state index in [4.69, 9.17) is 10.4 Å². The molecule has 1 rings (SSSR count). The minimum atomic E-state index is -0.438. The van der Waals surface area contributed by atoms with Crippen molar-refractivity contribution in [3.05, 3.63) is 17.5 Å². The van der Waals surface area contributed by atoms with Crippen molar-refractivity contribution in [1.29, 1.82) is 0 Å². The molecule has 1 aromatic heterocycles. The lowest BCUT2D eigenvalue weighted by molar-refractivity contribution is 0.0944. The van der Waals surface area contributed by atoms with Crippen molar-refractivity contribution < 1.29 is 9.32 Å². The average molecular weight is 240 g/mol. The molecule has 1 unspecified atom stereocenters. The number of nitrogens with zero attached hydrogens (tertiary/aromatic N) is 2. The van der Waals surface area contributed by atoms with E-state index in [1.165, 1.54) is 0 Å². The van der Waals surface area contributed by atoms with Crippen LogP contribution in [0.2, 0.25) is 0 Å². The second-order valence-corrected chi connectivity index (χ2v) is 3.97. The Hall–Kier alpha value is -1.40. The van der Waals surface area contributed by atoms with E-state index >= 15 is 0 Å². The molecule has 1 atom stereocenters. The quantitative estimate of drug-likeness (QED) is 0.438. The molecule has 0 aliphatic heterocycles. The number of amides is 1. The number of aromatic nitrogens is 1. The highest BCUT2D eigenvalue weighted by Crippen LogP contribution is 2.11. The molecule has 96 valence electrons. The van der Waals surface area contributed by atoms with Crippen LogP contribution in [-0.2, 0) is 6.54 Å². The molecule has 0 aliphatic rings. The van der Waals surface area contributed by atoms with Crippen molar-refractivity contribution in [2.45, 2.75) is 39.8 Å². The lowest BCUT2D eigenvalue weighted by atomic mass is 10.2. The minimum absolute atomic E-state index is 0.211. The summed E-state index contributed by atoms with van der Waals surface area (Å²) >= 11 is 0. The van der Waals surface area contributed by atoms with Gasteiger partial charge in [0, 0.05) is 12.1 Å². The van der Waals surface area contributed by atoms with E-state index in [0.29, 0.717) is 18.3 Å². The molecule has 1 heterocycles. The van der Waals surface area contributed by atoms with Gasteiger partial charge in [-0.25, -0.2) is 5.84 Å². The molecule has 6 heteroatoms. The molecule has 0 spiro atoms. The maximum absolute atomic E-state index is 11.2. The molecule has 1 aromatic rings.